The molecule has 0 radical (unpaired) electrons. The molecule has 0 bridgehead atoms. The second kappa shape index (κ2) is 16.8. The van der Waals surface area contributed by atoms with Crippen molar-refractivity contribution >= 4 is 21.9 Å². The smallest absolute Gasteiger partial charge is 0.0137 e. The van der Waals surface area contributed by atoms with Crippen LogP contribution in [0.15, 0.2) is 248 Å². The average molecular weight is 795 g/mol. The van der Waals surface area contributed by atoms with Crippen LogP contribution >= 0.6 is 0 Å². The van der Waals surface area contributed by atoms with Crippen LogP contribution in [0, 0.1) is 23.7 Å². The number of rotatable bonds is 10. The third kappa shape index (κ3) is 7.41. The van der Waals surface area contributed by atoms with Gasteiger partial charge in [0.15, 0.2) is 0 Å². The van der Waals surface area contributed by atoms with Crippen LogP contribution in [0.1, 0.15) is 50.8 Å². The second-order valence-corrected chi connectivity index (χ2v) is 17.5. The molecule has 7 aromatic rings. The van der Waals surface area contributed by atoms with Crippen LogP contribution in [0.4, 0.5) is 0 Å². The van der Waals surface area contributed by atoms with Crippen molar-refractivity contribution in [3.05, 3.63) is 298 Å². The Hall–Kier alpha value is -7.02. The Kier molecular flexibility index (Phi) is 10.3. The highest BCUT2D eigenvalue weighted by Gasteiger charge is 2.32. The molecule has 0 aromatic heterocycles. The fraction of sp³-hybridized carbons (Fsp3) is 0.129. The largest absolute Gasteiger partial charge is 0.0767 e. The Balaban J connectivity index is 0.930. The number of hydrogen-bond donors (Lipinski definition) is 0. The molecule has 4 aliphatic carbocycles. The molecule has 0 saturated heterocycles. The van der Waals surface area contributed by atoms with Gasteiger partial charge in [-0.15, -0.1) is 0 Å². The number of benzene rings is 7. The second-order valence-electron chi connectivity index (χ2n) is 17.5. The van der Waals surface area contributed by atoms with E-state index in [0.717, 1.165) is 12.8 Å². The van der Waals surface area contributed by atoms with Crippen molar-refractivity contribution < 1.29 is 0 Å². The lowest BCUT2D eigenvalue weighted by atomic mass is 9.70. The number of hydrogen-bond acceptors (Lipinski definition) is 0. The van der Waals surface area contributed by atoms with E-state index in [2.05, 4.69) is 243 Å². The molecule has 6 unspecified atom stereocenters. The Morgan fingerprint density at radius 3 is 1.48 bits per heavy atom. The van der Waals surface area contributed by atoms with Gasteiger partial charge in [0.2, 0.25) is 0 Å². The summed E-state index contributed by atoms with van der Waals surface area (Å²) in [5, 5.41) is 5.25. The Morgan fingerprint density at radius 1 is 0.371 bits per heavy atom. The number of allylic oxidation sites excluding steroid dienone is 12. The van der Waals surface area contributed by atoms with Gasteiger partial charge in [0, 0.05) is 35.5 Å². The molecule has 0 amide bonds. The first-order valence-corrected chi connectivity index (χ1v) is 22.4. The minimum absolute atomic E-state index is 0.241. The van der Waals surface area contributed by atoms with Gasteiger partial charge in [-0.1, -0.05) is 243 Å². The molecule has 0 spiro atoms. The summed E-state index contributed by atoms with van der Waals surface area (Å²) in [6, 6.07) is 65.9. The van der Waals surface area contributed by atoms with Gasteiger partial charge in [0.1, 0.15) is 0 Å². The predicted octanol–water partition coefficient (Wildman–Crippen LogP) is 13.2. The van der Waals surface area contributed by atoms with E-state index in [9.17, 15) is 0 Å². The molecule has 0 heteroatoms. The van der Waals surface area contributed by atoms with Crippen molar-refractivity contribution in [1.82, 2.24) is 0 Å². The highest BCUT2D eigenvalue weighted by Crippen LogP contribution is 2.42. The van der Waals surface area contributed by atoms with Crippen LogP contribution < -0.4 is 10.4 Å². The lowest BCUT2D eigenvalue weighted by Crippen LogP contribution is -2.40. The van der Waals surface area contributed by atoms with Crippen molar-refractivity contribution in [2.45, 2.75) is 24.7 Å². The van der Waals surface area contributed by atoms with Gasteiger partial charge in [-0.25, -0.2) is 0 Å². The van der Waals surface area contributed by atoms with E-state index in [1.807, 2.05) is 0 Å². The van der Waals surface area contributed by atoms with E-state index in [1.165, 1.54) is 76.9 Å². The van der Waals surface area contributed by atoms with Crippen LogP contribution in [-0.4, -0.2) is 0 Å². The maximum Gasteiger partial charge on any atom is 0.0137 e. The highest BCUT2D eigenvalue weighted by molar-refractivity contribution is 5.83. The third-order valence-corrected chi connectivity index (χ3v) is 13.8. The highest BCUT2D eigenvalue weighted by atomic mass is 14.3. The summed E-state index contributed by atoms with van der Waals surface area (Å²) in [7, 11) is 0. The molecule has 0 N–H and O–H groups in total. The molecule has 0 saturated carbocycles. The molecule has 0 heterocycles. The lowest BCUT2D eigenvalue weighted by molar-refractivity contribution is 0.640. The maximum atomic E-state index is 2.50. The normalized spacial score (nSPS) is 20.6. The molecule has 62 heavy (non-hydrogen) atoms. The average Bonchev–Trinajstić information content (AvgIpc) is 3.35. The standard InChI is InChI=1S/C62H50/c1-3-17-47(18-4-1)59(53-37-35-45-15-7-9-21-51(45)41-53)39-43-27-31-49(32-28-43)61-55-23-11-13-25-57(55)62(58-26-14-12-24-56(58)61)50-33-29-44(30-34-50)40-60(48-19-5-2-6-20-48)54-38-36-46-16-8-10-22-52(46)42-54/h1-38,41-42,45,51,55,57,59-60H,39-40H2. The molecule has 6 atom stereocenters. The molecule has 7 aromatic carbocycles. The molecular formula is C62H50. The zero-order valence-electron chi connectivity index (χ0n) is 35.0. The van der Waals surface area contributed by atoms with E-state index in [0.29, 0.717) is 17.8 Å². The van der Waals surface area contributed by atoms with Crippen molar-refractivity contribution in [3.63, 3.8) is 0 Å². The lowest BCUT2D eigenvalue weighted by Gasteiger charge is -2.33. The van der Waals surface area contributed by atoms with Gasteiger partial charge in [0.25, 0.3) is 0 Å². The van der Waals surface area contributed by atoms with Gasteiger partial charge in [0.05, 0.1) is 0 Å². The Labute approximate surface area is 366 Å². The quantitative estimate of drug-likeness (QED) is 0.129. The van der Waals surface area contributed by atoms with Crippen LogP contribution in [-0.2, 0) is 12.8 Å². The van der Waals surface area contributed by atoms with E-state index < -0.39 is 0 Å². The van der Waals surface area contributed by atoms with Crippen LogP contribution in [0.25, 0.3) is 21.9 Å². The van der Waals surface area contributed by atoms with Crippen molar-refractivity contribution in [2.24, 2.45) is 23.7 Å². The molecular weight excluding hydrogens is 745 g/mol. The monoisotopic (exact) mass is 794 g/mol. The summed E-state index contributed by atoms with van der Waals surface area (Å²) in [6.45, 7) is 0. The SMILES string of the molecule is C1=CC2C=CC(C(Cc3ccc(C4=c5ccccc5=C(c5ccc(CC(c6ccccc6)c6ccc7ccccc7c6)cc5)C5C=CC=CC45)cc3)c3ccccc3)=CC2C=C1. The van der Waals surface area contributed by atoms with Crippen LogP contribution in [0.5, 0.6) is 0 Å². The van der Waals surface area contributed by atoms with Crippen molar-refractivity contribution in [2.75, 3.05) is 0 Å². The first kappa shape index (κ1) is 37.9. The molecule has 11 rings (SSSR count). The number of fused-ring (bicyclic) bond motifs is 4. The molecule has 0 aliphatic heterocycles. The summed E-state index contributed by atoms with van der Waals surface area (Å²) in [4.78, 5) is 0. The van der Waals surface area contributed by atoms with Crippen LogP contribution in [0.3, 0.4) is 0 Å². The van der Waals surface area contributed by atoms with Gasteiger partial charge < -0.3 is 0 Å². The van der Waals surface area contributed by atoms with Gasteiger partial charge in [-0.3, -0.25) is 0 Å². The Bertz CT molecular complexity index is 3060. The van der Waals surface area contributed by atoms with E-state index >= 15 is 0 Å². The first-order chi connectivity index (χ1) is 30.7. The summed E-state index contributed by atoms with van der Waals surface area (Å²) < 4.78 is 0. The summed E-state index contributed by atoms with van der Waals surface area (Å²) in [6.07, 6.45) is 27.6. The van der Waals surface area contributed by atoms with E-state index in [1.54, 1.807) is 0 Å². The minimum Gasteiger partial charge on any atom is -0.0767 e. The minimum atomic E-state index is 0.241. The van der Waals surface area contributed by atoms with Gasteiger partial charge >= 0.3 is 0 Å². The fourth-order valence-corrected chi connectivity index (χ4v) is 10.7. The predicted molar refractivity (Wildman–Crippen MR) is 260 cm³/mol. The van der Waals surface area contributed by atoms with Crippen molar-refractivity contribution in [3.8, 4) is 0 Å². The van der Waals surface area contributed by atoms with Crippen molar-refractivity contribution in [1.29, 1.82) is 0 Å². The summed E-state index contributed by atoms with van der Waals surface area (Å²) in [5.74, 6) is 1.92. The molecule has 298 valence electrons. The Morgan fingerprint density at radius 2 is 0.871 bits per heavy atom. The first-order valence-electron chi connectivity index (χ1n) is 22.4. The molecule has 0 fully saturated rings. The summed E-state index contributed by atoms with van der Waals surface area (Å²) >= 11 is 0. The third-order valence-electron chi connectivity index (χ3n) is 13.8. The van der Waals surface area contributed by atoms with E-state index in [4.69, 9.17) is 0 Å². The van der Waals surface area contributed by atoms with Gasteiger partial charge in [-0.05, 0) is 89.7 Å². The zero-order valence-corrected chi connectivity index (χ0v) is 35.0. The zero-order chi connectivity index (χ0) is 41.2. The van der Waals surface area contributed by atoms with E-state index in [-0.39, 0.29) is 17.8 Å². The molecule has 0 nitrogen and oxygen atoms in total. The van der Waals surface area contributed by atoms with Gasteiger partial charge in [-0.2, -0.15) is 0 Å². The summed E-state index contributed by atoms with van der Waals surface area (Å²) in [5.41, 5.74) is 13.6. The van der Waals surface area contributed by atoms with Crippen LogP contribution in [0.2, 0.25) is 0 Å². The maximum absolute atomic E-state index is 2.50. The topological polar surface area (TPSA) is 0 Å². The molecule has 4 aliphatic rings. The fourth-order valence-electron chi connectivity index (χ4n) is 10.7.